The Bertz CT molecular complexity index is 859. The first-order valence-electron chi connectivity index (χ1n) is 7.44. The molecule has 0 aliphatic heterocycles. The van der Waals surface area contributed by atoms with Gasteiger partial charge in [0.05, 0.1) is 12.3 Å². The fraction of sp³-hybridized carbons (Fsp3) is 0.111. The van der Waals surface area contributed by atoms with Gasteiger partial charge in [0.15, 0.2) is 16.6 Å². The van der Waals surface area contributed by atoms with Crippen LogP contribution >= 0.6 is 11.3 Å². The number of carbonyl (C=O) groups is 1. The molecule has 120 valence electrons. The van der Waals surface area contributed by atoms with E-state index < -0.39 is 0 Å². The summed E-state index contributed by atoms with van der Waals surface area (Å²) in [5, 5.41) is 2.59. The van der Waals surface area contributed by atoms with Crippen molar-refractivity contribution in [2.45, 2.75) is 6.92 Å². The molecule has 3 rings (SSSR count). The molecule has 0 fully saturated rings. The second-order valence-electron chi connectivity index (χ2n) is 4.81. The summed E-state index contributed by atoms with van der Waals surface area (Å²) in [4.78, 5) is 25.0. The van der Waals surface area contributed by atoms with Crippen LogP contribution in [0.3, 0.4) is 0 Å². The Kier molecular flexibility index (Phi) is 5.08. The van der Waals surface area contributed by atoms with E-state index in [1.165, 1.54) is 17.4 Å². The van der Waals surface area contributed by atoms with Crippen LogP contribution in [0.25, 0.3) is 16.9 Å². The number of hydrogen-bond donors (Lipinski definition) is 0. The quantitative estimate of drug-likeness (QED) is 0.504. The van der Waals surface area contributed by atoms with Crippen LogP contribution in [-0.4, -0.2) is 27.3 Å². The molecule has 0 radical (unpaired) electrons. The molecule has 1 aromatic carbocycles. The SMILES string of the molecule is CCOc1cccc(C(=O)/C=C/c2csc(-c3ncccn3)n2)c1. The lowest BCUT2D eigenvalue weighted by molar-refractivity contribution is 0.104. The Morgan fingerprint density at radius 3 is 2.88 bits per heavy atom. The van der Waals surface area contributed by atoms with Crippen LogP contribution in [0.4, 0.5) is 0 Å². The Morgan fingerprint density at radius 1 is 1.25 bits per heavy atom. The zero-order valence-corrected chi connectivity index (χ0v) is 13.9. The number of benzene rings is 1. The fourth-order valence-corrected chi connectivity index (χ4v) is 2.77. The van der Waals surface area contributed by atoms with Crippen molar-refractivity contribution in [2.24, 2.45) is 0 Å². The van der Waals surface area contributed by atoms with Crippen molar-refractivity contribution in [3.63, 3.8) is 0 Å². The minimum Gasteiger partial charge on any atom is -0.494 e. The topological polar surface area (TPSA) is 65.0 Å². The van der Waals surface area contributed by atoms with Gasteiger partial charge in [0.2, 0.25) is 0 Å². The van der Waals surface area contributed by atoms with Crippen molar-refractivity contribution in [3.8, 4) is 16.6 Å². The van der Waals surface area contributed by atoms with Crippen LogP contribution in [0.2, 0.25) is 0 Å². The number of ketones is 1. The van der Waals surface area contributed by atoms with Gasteiger partial charge in [-0.25, -0.2) is 15.0 Å². The maximum Gasteiger partial charge on any atom is 0.188 e. The zero-order chi connectivity index (χ0) is 16.8. The predicted molar refractivity (Wildman–Crippen MR) is 94.1 cm³/mol. The predicted octanol–water partition coefficient (Wildman–Crippen LogP) is 3.89. The fourth-order valence-electron chi connectivity index (χ4n) is 2.04. The highest BCUT2D eigenvalue weighted by molar-refractivity contribution is 7.13. The highest BCUT2D eigenvalue weighted by Gasteiger charge is 2.07. The molecular formula is C18H15N3O2S. The van der Waals surface area contributed by atoms with Crippen LogP contribution in [0, 0.1) is 0 Å². The maximum absolute atomic E-state index is 12.3. The summed E-state index contributed by atoms with van der Waals surface area (Å²) in [7, 11) is 0. The molecule has 0 spiro atoms. The monoisotopic (exact) mass is 337 g/mol. The van der Waals surface area contributed by atoms with Gasteiger partial charge in [0, 0.05) is 23.3 Å². The van der Waals surface area contributed by atoms with E-state index in [2.05, 4.69) is 15.0 Å². The number of allylic oxidation sites excluding steroid dienone is 1. The summed E-state index contributed by atoms with van der Waals surface area (Å²) in [5.41, 5.74) is 1.29. The standard InChI is InChI=1S/C18H15N3O2S/c1-2-23-15-6-3-5-13(11-15)16(22)8-7-14-12-24-18(21-14)17-19-9-4-10-20-17/h3-12H,2H2,1H3/b8-7+. The smallest absolute Gasteiger partial charge is 0.188 e. The van der Waals surface area contributed by atoms with Crippen molar-refractivity contribution in [1.29, 1.82) is 0 Å². The van der Waals surface area contributed by atoms with Gasteiger partial charge in [0.1, 0.15) is 5.75 Å². The van der Waals surface area contributed by atoms with E-state index in [-0.39, 0.29) is 5.78 Å². The van der Waals surface area contributed by atoms with Crippen molar-refractivity contribution in [1.82, 2.24) is 15.0 Å². The van der Waals surface area contributed by atoms with Crippen LogP contribution in [-0.2, 0) is 0 Å². The van der Waals surface area contributed by atoms with Gasteiger partial charge in [-0.15, -0.1) is 11.3 Å². The molecule has 3 aromatic rings. The first-order chi connectivity index (χ1) is 11.8. The molecule has 0 atom stereocenters. The second-order valence-corrected chi connectivity index (χ2v) is 5.67. The van der Waals surface area contributed by atoms with E-state index >= 15 is 0 Å². The van der Waals surface area contributed by atoms with Gasteiger partial charge >= 0.3 is 0 Å². The Labute approximate surface area is 143 Å². The molecule has 0 bridgehead atoms. The lowest BCUT2D eigenvalue weighted by atomic mass is 10.1. The molecule has 24 heavy (non-hydrogen) atoms. The van der Waals surface area contributed by atoms with Crippen LogP contribution in [0.15, 0.2) is 54.2 Å². The van der Waals surface area contributed by atoms with Crippen molar-refractivity contribution >= 4 is 23.2 Å². The van der Waals surface area contributed by atoms with Gasteiger partial charge in [-0.2, -0.15) is 0 Å². The molecule has 0 unspecified atom stereocenters. The summed E-state index contributed by atoms with van der Waals surface area (Å²) in [6, 6.07) is 8.89. The summed E-state index contributed by atoms with van der Waals surface area (Å²) in [6.45, 7) is 2.47. The third-order valence-corrected chi connectivity index (χ3v) is 3.97. The number of ether oxygens (including phenoxy) is 1. The number of aromatic nitrogens is 3. The summed E-state index contributed by atoms with van der Waals surface area (Å²) >= 11 is 1.44. The van der Waals surface area contributed by atoms with Gasteiger partial charge in [-0.05, 0) is 37.3 Å². The molecule has 0 aliphatic rings. The minimum absolute atomic E-state index is 0.0953. The Morgan fingerprint density at radius 2 is 2.08 bits per heavy atom. The molecule has 2 heterocycles. The average molecular weight is 337 g/mol. The van der Waals surface area contributed by atoms with Gasteiger partial charge in [-0.1, -0.05) is 12.1 Å². The van der Waals surface area contributed by atoms with Gasteiger partial charge in [-0.3, -0.25) is 4.79 Å². The van der Waals surface area contributed by atoms with Crippen molar-refractivity contribution < 1.29 is 9.53 Å². The van der Waals surface area contributed by atoms with Crippen LogP contribution in [0.5, 0.6) is 5.75 Å². The molecule has 0 N–H and O–H groups in total. The van der Waals surface area contributed by atoms with E-state index in [1.807, 2.05) is 18.4 Å². The van der Waals surface area contributed by atoms with E-state index in [0.29, 0.717) is 29.4 Å². The van der Waals surface area contributed by atoms with Gasteiger partial charge in [0.25, 0.3) is 0 Å². The zero-order valence-electron chi connectivity index (χ0n) is 13.0. The average Bonchev–Trinajstić information content (AvgIpc) is 3.10. The molecule has 2 aromatic heterocycles. The number of carbonyl (C=O) groups excluding carboxylic acids is 1. The largest absolute Gasteiger partial charge is 0.494 e. The second kappa shape index (κ2) is 7.61. The van der Waals surface area contributed by atoms with E-state index in [4.69, 9.17) is 4.74 Å². The molecule has 0 saturated carbocycles. The third kappa shape index (κ3) is 3.91. The number of hydrogen-bond acceptors (Lipinski definition) is 6. The van der Waals surface area contributed by atoms with Crippen LogP contribution in [0.1, 0.15) is 23.0 Å². The van der Waals surface area contributed by atoms with Crippen LogP contribution < -0.4 is 4.74 Å². The molecular weight excluding hydrogens is 322 g/mol. The van der Waals surface area contributed by atoms with E-state index in [1.54, 1.807) is 42.7 Å². The lowest BCUT2D eigenvalue weighted by Crippen LogP contribution is -1.97. The summed E-state index contributed by atoms with van der Waals surface area (Å²) in [5.74, 6) is 1.17. The first-order valence-corrected chi connectivity index (χ1v) is 8.32. The Balaban J connectivity index is 1.73. The maximum atomic E-state index is 12.3. The number of thiazole rings is 1. The van der Waals surface area contributed by atoms with E-state index in [9.17, 15) is 4.79 Å². The van der Waals surface area contributed by atoms with E-state index in [0.717, 1.165) is 5.01 Å². The normalized spacial score (nSPS) is 10.9. The minimum atomic E-state index is -0.0953. The highest BCUT2D eigenvalue weighted by Crippen LogP contribution is 2.20. The number of nitrogens with zero attached hydrogens (tertiary/aromatic N) is 3. The molecule has 0 amide bonds. The highest BCUT2D eigenvalue weighted by atomic mass is 32.1. The molecule has 0 saturated heterocycles. The summed E-state index contributed by atoms with van der Waals surface area (Å²) in [6.07, 6.45) is 6.55. The molecule has 6 heteroatoms. The van der Waals surface area contributed by atoms with Gasteiger partial charge < -0.3 is 4.74 Å². The lowest BCUT2D eigenvalue weighted by Gasteiger charge is -2.03. The summed E-state index contributed by atoms with van der Waals surface area (Å²) < 4.78 is 5.41. The van der Waals surface area contributed by atoms with Crippen molar-refractivity contribution in [3.05, 3.63) is 65.4 Å². The first kappa shape index (κ1) is 16.0. The molecule has 5 nitrogen and oxygen atoms in total. The molecule has 0 aliphatic carbocycles. The Hall–Kier alpha value is -2.86. The van der Waals surface area contributed by atoms with Crippen molar-refractivity contribution in [2.75, 3.05) is 6.61 Å². The number of rotatable bonds is 6. The third-order valence-electron chi connectivity index (χ3n) is 3.11.